The third-order valence-corrected chi connectivity index (χ3v) is 3.94. The van der Waals surface area contributed by atoms with Crippen molar-refractivity contribution in [1.29, 1.82) is 0 Å². The fourth-order valence-corrected chi connectivity index (χ4v) is 2.60. The Hall–Kier alpha value is -0.0800. The second-order valence-corrected chi connectivity index (χ2v) is 7.12. The van der Waals surface area contributed by atoms with Crippen molar-refractivity contribution >= 4 is 0 Å². The molecule has 21 heavy (non-hydrogen) atoms. The molecule has 0 aromatic carbocycles. The summed E-state index contributed by atoms with van der Waals surface area (Å²) in [5.74, 6) is 1.73. The molecule has 0 spiro atoms. The molecule has 0 bridgehead atoms. The molecule has 1 saturated heterocycles. The van der Waals surface area contributed by atoms with E-state index >= 15 is 0 Å². The maximum atomic E-state index is 5.31. The van der Waals surface area contributed by atoms with E-state index in [2.05, 4.69) is 32.6 Å². The van der Waals surface area contributed by atoms with Crippen LogP contribution in [0.5, 0.6) is 0 Å². The first-order valence-corrected chi connectivity index (χ1v) is 8.98. The van der Waals surface area contributed by atoms with Gasteiger partial charge in [0.2, 0.25) is 0 Å². The van der Waals surface area contributed by atoms with Gasteiger partial charge in [-0.05, 0) is 70.1 Å². The molecule has 0 aromatic heterocycles. The van der Waals surface area contributed by atoms with Crippen LogP contribution in [-0.4, -0.2) is 31.1 Å². The van der Waals surface area contributed by atoms with E-state index in [-0.39, 0.29) is 7.43 Å². The predicted octanol–water partition coefficient (Wildman–Crippen LogP) is 5.32. The lowest BCUT2D eigenvalue weighted by Gasteiger charge is -2.26. The molecule has 0 atom stereocenters. The molecule has 1 rings (SSSR count). The minimum Gasteiger partial charge on any atom is -0.330 e. The number of hydrogen-bond acceptors (Lipinski definition) is 2. The van der Waals surface area contributed by atoms with Crippen LogP contribution in [0.4, 0.5) is 0 Å². The molecule has 1 fully saturated rings. The molecule has 0 radical (unpaired) electrons. The zero-order valence-electron chi connectivity index (χ0n) is 14.7. The highest BCUT2D eigenvalue weighted by molar-refractivity contribution is 4.64. The van der Waals surface area contributed by atoms with Crippen LogP contribution >= 0.6 is 0 Å². The van der Waals surface area contributed by atoms with Crippen molar-refractivity contribution in [3.63, 3.8) is 0 Å². The van der Waals surface area contributed by atoms with Crippen molar-refractivity contribution < 1.29 is 0 Å². The molecule has 2 N–H and O–H groups in total. The van der Waals surface area contributed by atoms with Gasteiger partial charge in [0, 0.05) is 0 Å². The third kappa shape index (κ3) is 17.9. The first-order valence-electron chi connectivity index (χ1n) is 8.98. The molecule has 1 aliphatic rings. The van der Waals surface area contributed by atoms with Crippen LogP contribution in [0.25, 0.3) is 0 Å². The van der Waals surface area contributed by atoms with Crippen LogP contribution in [0, 0.1) is 11.8 Å². The summed E-state index contributed by atoms with van der Waals surface area (Å²) in [5.41, 5.74) is 5.31. The number of likely N-dealkylation sites (tertiary alicyclic amines) is 1. The average Bonchev–Trinajstić information content (AvgIpc) is 2.40. The summed E-state index contributed by atoms with van der Waals surface area (Å²) in [5, 5.41) is 0. The standard InChI is InChI=1S/C11H23N.C7H17N.CH4/c1-11(2)7-6-10-12-8-4-3-5-9-12;1-7(2)5-3-4-6-8;/h11H,3-10H2,1-2H3;7H,3-6,8H2,1-2H3;1H4. The largest absolute Gasteiger partial charge is 0.330 e. The molecule has 0 aliphatic carbocycles. The molecule has 2 nitrogen and oxygen atoms in total. The van der Waals surface area contributed by atoms with Gasteiger partial charge in [-0.1, -0.05) is 54.4 Å². The van der Waals surface area contributed by atoms with E-state index in [0.717, 1.165) is 18.4 Å². The molecule has 2 heteroatoms. The van der Waals surface area contributed by atoms with E-state index in [1.54, 1.807) is 0 Å². The highest BCUT2D eigenvalue weighted by Gasteiger charge is 2.08. The van der Waals surface area contributed by atoms with Gasteiger partial charge in [-0.15, -0.1) is 0 Å². The van der Waals surface area contributed by atoms with E-state index in [1.165, 1.54) is 71.0 Å². The fraction of sp³-hybridized carbons (Fsp3) is 1.00. The summed E-state index contributed by atoms with van der Waals surface area (Å²) in [6.45, 7) is 14.0. The van der Waals surface area contributed by atoms with Crippen LogP contribution in [0.15, 0.2) is 0 Å². The molecule has 0 aromatic rings. The van der Waals surface area contributed by atoms with Crippen molar-refractivity contribution in [2.45, 2.75) is 86.5 Å². The highest BCUT2D eigenvalue weighted by atomic mass is 15.1. The van der Waals surface area contributed by atoms with Crippen molar-refractivity contribution in [3.05, 3.63) is 0 Å². The minimum atomic E-state index is 0. The topological polar surface area (TPSA) is 29.3 Å². The number of nitrogens with zero attached hydrogens (tertiary/aromatic N) is 1. The van der Waals surface area contributed by atoms with E-state index in [4.69, 9.17) is 5.73 Å². The monoisotopic (exact) mass is 300 g/mol. The molecule has 0 unspecified atom stereocenters. The first-order chi connectivity index (χ1) is 9.56. The van der Waals surface area contributed by atoms with Crippen LogP contribution in [0.3, 0.4) is 0 Å². The highest BCUT2D eigenvalue weighted by Crippen LogP contribution is 2.11. The Labute approximate surface area is 135 Å². The summed E-state index contributed by atoms with van der Waals surface area (Å²) < 4.78 is 0. The van der Waals surface area contributed by atoms with Crippen molar-refractivity contribution in [2.24, 2.45) is 17.6 Å². The number of hydrogen-bond donors (Lipinski definition) is 1. The zero-order chi connectivity index (χ0) is 15.2. The molecule has 1 aliphatic heterocycles. The van der Waals surface area contributed by atoms with Gasteiger partial charge < -0.3 is 10.6 Å². The van der Waals surface area contributed by atoms with Gasteiger partial charge in [0.25, 0.3) is 0 Å². The van der Waals surface area contributed by atoms with Gasteiger partial charge in [0.05, 0.1) is 0 Å². The molecule has 0 amide bonds. The first kappa shape index (κ1) is 23.2. The normalized spacial score (nSPS) is 15.6. The Morgan fingerprint density at radius 2 is 1.33 bits per heavy atom. The second-order valence-electron chi connectivity index (χ2n) is 7.12. The predicted molar refractivity (Wildman–Crippen MR) is 98.8 cm³/mol. The van der Waals surface area contributed by atoms with Crippen molar-refractivity contribution in [3.8, 4) is 0 Å². The molecule has 1 heterocycles. The lowest BCUT2D eigenvalue weighted by atomic mass is 10.1. The number of nitrogens with two attached hydrogens (primary N) is 1. The van der Waals surface area contributed by atoms with Crippen molar-refractivity contribution in [2.75, 3.05) is 26.2 Å². The number of piperidine rings is 1. The summed E-state index contributed by atoms with van der Waals surface area (Å²) in [7, 11) is 0. The third-order valence-electron chi connectivity index (χ3n) is 3.94. The lowest BCUT2D eigenvalue weighted by Crippen LogP contribution is -2.30. The van der Waals surface area contributed by atoms with Crippen molar-refractivity contribution in [1.82, 2.24) is 4.90 Å². The molecular formula is C19H44N2. The summed E-state index contributed by atoms with van der Waals surface area (Å²) >= 11 is 0. The molecule has 0 saturated carbocycles. The molecular weight excluding hydrogens is 256 g/mol. The lowest BCUT2D eigenvalue weighted by molar-refractivity contribution is 0.221. The summed E-state index contributed by atoms with van der Waals surface area (Å²) in [6, 6.07) is 0. The second kappa shape index (κ2) is 16.3. The van der Waals surface area contributed by atoms with Gasteiger partial charge in [-0.25, -0.2) is 0 Å². The quantitative estimate of drug-likeness (QED) is 0.615. The summed E-state index contributed by atoms with van der Waals surface area (Å²) in [4.78, 5) is 2.63. The maximum absolute atomic E-state index is 5.31. The van der Waals surface area contributed by atoms with Gasteiger partial charge in [-0.2, -0.15) is 0 Å². The minimum absolute atomic E-state index is 0. The van der Waals surface area contributed by atoms with Gasteiger partial charge >= 0.3 is 0 Å². The van der Waals surface area contributed by atoms with Gasteiger partial charge in [0.1, 0.15) is 0 Å². The van der Waals surface area contributed by atoms with Crippen LogP contribution < -0.4 is 5.73 Å². The van der Waals surface area contributed by atoms with E-state index in [0.29, 0.717) is 0 Å². The fourth-order valence-electron chi connectivity index (χ4n) is 2.60. The number of unbranched alkanes of at least 4 members (excludes halogenated alkanes) is 1. The Morgan fingerprint density at radius 3 is 1.81 bits per heavy atom. The van der Waals surface area contributed by atoms with E-state index in [9.17, 15) is 0 Å². The van der Waals surface area contributed by atoms with Crippen LogP contribution in [-0.2, 0) is 0 Å². The Bertz CT molecular complexity index is 184. The molecule has 130 valence electrons. The maximum Gasteiger partial charge on any atom is -0.00186 e. The number of rotatable bonds is 8. The van der Waals surface area contributed by atoms with E-state index < -0.39 is 0 Å². The van der Waals surface area contributed by atoms with Crippen LogP contribution in [0.2, 0.25) is 0 Å². The SMILES string of the molecule is C.CC(C)CCCCN.CC(C)CCCN1CCCCC1. The Kier molecular flexibility index (Phi) is 18.0. The van der Waals surface area contributed by atoms with Gasteiger partial charge in [-0.3, -0.25) is 0 Å². The Balaban J connectivity index is 0. The average molecular weight is 301 g/mol. The Morgan fingerprint density at radius 1 is 0.810 bits per heavy atom. The smallest absolute Gasteiger partial charge is 0.00186 e. The van der Waals surface area contributed by atoms with Crippen LogP contribution in [0.1, 0.15) is 86.5 Å². The zero-order valence-corrected chi connectivity index (χ0v) is 14.7. The summed E-state index contributed by atoms with van der Waals surface area (Å²) in [6.07, 6.45) is 10.9. The van der Waals surface area contributed by atoms with E-state index in [1.807, 2.05) is 0 Å². The van der Waals surface area contributed by atoms with Gasteiger partial charge in [0.15, 0.2) is 0 Å².